The molecule has 1 atom stereocenters. The lowest BCUT2D eigenvalue weighted by Gasteiger charge is -2.35. The van der Waals surface area contributed by atoms with Gasteiger partial charge in [-0.3, -0.25) is 9.69 Å². The van der Waals surface area contributed by atoms with Gasteiger partial charge in [0.2, 0.25) is 0 Å². The second-order valence-corrected chi connectivity index (χ2v) is 6.31. The van der Waals surface area contributed by atoms with Gasteiger partial charge in [0.15, 0.2) is 18.2 Å². The van der Waals surface area contributed by atoms with Crippen LogP contribution in [0.2, 0.25) is 0 Å². The Hall–Kier alpha value is -1.37. The molecule has 1 aliphatic heterocycles. The van der Waals surface area contributed by atoms with Crippen molar-refractivity contribution in [2.75, 3.05) is 39.3 Å². The topological polar surface area (TPSA) is 53.0 Å². The van der Waals surface area contributed by atoms with Crippen LogP contribution in [0.5, 0.6) is 5.75 Å². The Morgan fingerprint density at radius 1 is 1.25 bits per heavy atom. The Morgan fingerprint density at radius 2 is 1.92 bits per heavy atom. The van der Waals surface area contributed by atoms with E-state index in [1.807, 2.05) is 0 Å². The molecule has 0 radical (unpaired) electrons. The molecule has 0 bridgehead atoms. The molecule has 24 heavy (non-hydrogen) atoms. The molecule has 1 heterocycles. The van der Waals surface area contributed by atoms with Gasteiger partial charge < -0.3 is 14.7 Å². The van der Waals surface area contributed by atoms with Crippen molar-refractivity contribution in [3.05, 3.63) is 30.1 Å². The average molecular weight is 359 g/mol. The van der Waals surface area contributed by atoms with E-state index >= 15 is 0 Å². The quantitative estimate of drug-likeness (QED) is 0.838. The predicted molar refractivity (Wildman–Crippen MR) is 90.9 cm³/mol. The Balaban J connectivity index is 0.00000208. The Labute approximate surface area is 147 Å². The van der Waals surface area contributed by atoms with E-state index in [0.717, 1.165) is 25.9 Å². The monoisotopic (exact) mass is 358 g/mol. The number of para-hydroxylation sites is 1. The normalized spacial score (nSPS) is 19.5. The van der Waals surface area contributed by atoms with E-state index < -0.39 is 5.82 Å². The summed E-state index contributed by atoms with van der Waals surface area (Å²) in [6.07, 6.45) is 2.03. The van der Waals surface area contributed by atoms with Gasteiger partial charge in [0.05, 0.1) is 6.10 Å². The van der Waals surface area contributed by atoms with Crippen molar-refractivity contribution < 1.29 is 19.0 Å². The molecule has 1 N–H and O–H groups in total. The summed E-state index contributed by atoms with van der Waals surface area (Å²) in [5.41, 5.74) is 0. The number of amides is 1. The molecule has 1 aromatic rings. The van der Waals surface area contributed by atoms with Gasteiger partial charge in [-0.15, -0.1) is 12.4 Å². The van der Waals surface area contributed by atoms with Gasteiger partial charge in [0.1, 0.15) is 0 Å². The lowest BCUT2D eigenvalue weighted by Crippen LogP contribution is -2.51. The highest BCUT2D eigenvalue weighted by Crippen LogP contribution is 2.32. The Kier molecular flexibility index (Phi) is 6.83. The van der Waals surface area contributed by atoms with Crippen LogP contribution in [0, 0.1) is 11.7 Å². The fourth-order valence-corrected chi connectivity index (χ4v) is 2.87. The molecule has 0 spiro atoms. The molecule has 2 fully saturated rings. The molecule has 3 rings (SSSR count). The first-order chi connectivity index (χ1) is 11.1. The summed E-state index contributed by atoms with van der Waals surface area (Å²) in [6.45, 7) is 3.31. The third-order valence-corrected chi connectivity index (χ3v) is 4.52. The lowest BCUT2D eigenvalue weighted by molar-refractivity contribution is -0.135. The second-order valence-electron chi connectivity index (χ2n) is 6.31. The number of benzene rings is 1. The molecule has 2 aliphatic rings. The largest absolute Gasteiger partial charge is 0.481 e. The highest BCUT2D eigenvalue weighted by atomic mass is 35.5. The molecular weight excluding hydrogens is 335 g/mol. The fourth-order valence-electron chi connectivity index (χ4n) is 2.87. The number of β-amino-alcohol motifs (C(OH)–C–C–N with tert-alkyl or cyclic N) is 1. The minimum Gasteiger partial charge on any atom is -0.481 e. The van der Waals surface area contributed by atoms with Crippen molar-refractivity contribution in [3.63, 3.8) is 0 Å². The number of hydrogen-bond donors (Lipinski definition) is 1. The van der Waals surface area contributed by atoms with E-state index in [-0.39, 0.29) is 36.8 Å². The van der Waals surface area contributed by atoms with Crippen LogP contribution in [0.3, 0.4) is 0 Å². The number of carbonyl (C=O) groups excluding carboxylic acids is 1. The number of carbonyl (C=O) groups is 1. The molecule has 1 aliphatic carbocycles. The molecule has 1 aromatic carbocycles. The van der Waals surface area contributed by atoms with E-state index in [4.69, 9.17) is 4.74 Å². The standard InChI is InChI=1S/C17H23FN2O3.ClH/c18-14-3-1-2-4-16(14)23-12-17(22)20-9-7-19(8-10-20)11-15(21)13-5-6-13;/h1-4,13,15,21H,5-12H2;1H. The minimum atomic E-state index is -0.459. The summed E-state index contributed by atoms with van der Waals surface area (Å²) in [7, 11) is 0. The molecule has 1 amide bonds. The van der Waals surface area contributed by atoms with E-state index in [9.17, 15) is 14.3 Å². The maximum absolute atomic E-state index is 13.4. The number of aliphatic hydroxyl groups excluding tert-OH is 1. The highest BCUT2D eigenvalue weighted by molar-refractivity contribution is 5.85. The maximum Gasteiger partial charge on any atom is 0.260 e. The van der Waals surface area contributed by atoms with Gasteiger partial charge in [-0.25, -0.2) is 4.39 Å². The van der Waals surface area contributed by atoms with Gasteiger partial charge in [-0.05, 0) is 30.9 Å². The number of hydrogen-bond acceptors (Lipinski definition) is 4. The lowest BCUT2D eigenvalue weighted by atomic mass is 10.2. The molecule has 0 aromatic heterocycles. The zero-order valence-electron chi connectivity index (χ0n) is 13.6. The van der Waals surface area contributed by atoms with Crippen LogP contribution in [-0.4, -0.2) is 66.2 Å². The summed E-state index contributed by atoms with van der Waals surface area (Å²) in [5, 5.41) is 9.97. The molecule has 5 nitrogen and oxygen atoms in total. The van der Waals surface area contributed by atoms with Crippen LogP contribution in [0.15, 0.2) is 24.3 Å². The van der Waals surface area contributed by atoms with Gasteiger partial charge in [-0.2, -0.15) is 0 Å². The van der Waals surface area contributed by atoms with E-state index in [2.05, 4.69) is 4.90 Å². The van der Waals surface area contributed by atoms with E-state index in [1.165, 1.54) is 12.1 Å². The first-order valence-corrected chi connectivity index (χ1v) is 8.19. The second kappa shape index (κ2) is 8.65. The zero-order valence-corrected chi connectivity index (χ0v) is 14.4. The summed E-state index contributed by atoms with van der Waals surface area (Å²) in [5.74, 6) is -0.00861. The van der Waals surface area contributed by atoms with Gasteiger partial charge in [0, 0.05) is 32.7 Å². The van der Waals surface area contributed by atoms with E-state index in [1.54, 1.807) is 17.0 Å². The van der Waals surface area contributed by atoms with Crippen LogP contribution >= 0.6 is 12.4 Å². The molecule has 1 saturated carbocycles. The predicted octanol–water partition coefficient (Wildman–Crippen LogP) is 1.54. The third-order valence-electron chi connectivity index (χ3n) is 4.52. The Bertz CT molecular complexity index is 548. The molecule has 1 saturated heterocycles. The molecule has 134 valence electrons. The van der Waals surface area contributed by atoms with Crippen LogP contribution in [0.4, 0.5) is 4.39 Å². The molecular formula is C17H24ClFN2O3. The minimum absolute atomic E-state index is 0. The first-order valence-electron chi connectivity index (χ1n) is 8.19. The number of halogens is 2. The van der Waals surface area contributed by atoms with Gasteiger partial charge >= 0.3 is 0 Å². The number of aliphatic hydroxyl groups is 1. The average Bonchev–Trinajstić information content (AvgIpc) is 3.39. The molecule has 1 unspecified atom stereocenters. The van der Waals surface area contributed by atoms with Crippen molar-refractivity contribution in [2.24, 2.45) is 5.92 Å². The first kappa shape index (κ1) is 19.0. The molecule has 7 heteroatoms. The van der Waals surface area contributed by atoms with Crippen molar-refractivity contribution in [3.8, 4) is 5.75 Å². The smallest absolute Gasteiger partial charge is 0.260 e. The van der Waals surface area contributed by atoms with Gasteiger partial charge in [-0.1, -0.05) is 12.1 Å². The van der Waals surface area contributed by atoms with Crippen LogP contribution in [0.25, 0.3) is 0 Å². The maximum atomic E-state index is 13.4. The van der Waals surface area contributed by atoms with Crippen molar-refractivity contribution in [2.45, 2.75) is 18.9 Å². The fraction of sp³-hybridized carbons (Fsp3) is 0.588. The Morgan fingerprint density at radius 3 is 2.54 bits per heavy atom. The van der Waals surface area contributed by atoms with Crippen molar-refractivity contribution in [1.82, 2.24) is 9.80 Å². The number of rotatable bonds is 6. The summed E-state index contributed by atoms with van der Waals surface area (Å²) < 4.78 is 18.7. The SMILES string of the molecule is Cl.O=C(COc1ccccc1F)N1CCN(CC(O)C2CC2)CC1. The van der Waals surface area contributed by atoms with Crippen LogP contribution < -0.4 is 4.74 Å². The number of nitrogens with zero attached hydrogens (tertiary/aromatic N) is 2. The van der Waals surface area contributed by atoms with Crippen molar-refractivity contribution >= 4 is 18.3 Å². The van der Waals surface area contributed by atoms with E-state index in [0.29, 0.717) is 25.6 Å². The summed E-state index contributed by atoms with van der Waals surface area (Å²) in [4.78, 5) is 16.1. The highest BCUT2D eigenvalue weighted by Gasteiger charge is 2.32. The summed E-state index contributed by atoms with van der Waals surface area (Å²) >= 11 is 0. The number of ether oxygens (including phenoxy) is 1. The number of piperazine rings is 1. The summed E-state index contributed by atoms with van der Waals surface area (Å²) in [6, 6.07) is 6.08. The van der Waals surface area contributed by atoms with Crippen LogP contribution in [0.1, 0.15) is 12.8 Å². The van der Waals surface area contributed by atoms with Crippen molar-refractivity contribution in [1.29, 1.82) is 0 Å². The van der Waals surface area contributed by atoms with Gasteiger partial charge in [0.25, 0.3) is 5.91 Å². The third kappa shape index (κ3) is 5.06. The van der Waals surface area contributed by atoms with Crippen LogP contribution in [-0.2, 0) is 4.79 Å². The zero-order chi connectivity index (χ0) is 16.2.